The number of unbranched alkanes of at least 4 members (excludes halogenated alkanes) is 2. The number of nitrogen functional groups attached to an aromatic ring is 4. The normalized spacial score (nSPS) is 11.7. The molecule has 0 aliphatic rings. The maximum atomic E-state index is 6.25. The molecular formula is C76H96N18S2. The summed E-state index contributed by atoms with van der Waals surface area (Å²) in [5.74, 6) is 7.93. The molecule has 0 unspecified atom stereocenters. The van der Waals surface area contributed by atoms with Crippen LogP contribution in [0.5, 0.6) is 0 Å². The van der Waals surface area contributed by atoms with Crippen molar-refractivity contribution in [2.24, 2.45) is 23.7 Å². The minimum Gasteiger partial charge on any atom is -0.382 e. The van der Waals surface area contributed by atoms with Crippen molar-refractivity contribution in [3.05, 3.63) is 146 Å². The van der Waals surface area contributed by atoms with Crippen molar-refractivity contribution in [1.29, 1.82) is 0 Å². The highest BCUT2D eigenvalue weighted by molar-refractivity contribution is 7.99. The topological polar surface area (TPSA) is 233 Å². The van der Waals surface area contributed by atoms with Crippen molar-refractivity contribution in [2.45, 2.75) is 137 Å². The van der Waals surface area contributed by atoms with Gasteiger partial charge in [0.25, 0.3) is 0 Å². The van der Waals surface area contributed by atoms with E-state index in [-0.39, 0.29) is 0 Å². The molecular weight excluding hydrogens is 1230 g/mol. The van der Waals surface area contributed by atoms with Crippen LogP contribution in [0.2, 0.25) is 0 Å². The molecule has 0 fully saturated rings. The van der Waals surface area contributed by atoms with Crippen LogP contribution in [0.15, 0.2) is 150 Å². The summed E-state index contributed by atoms with van der Waals surface area (Å²) in [7, 11) is 4.14. The van der Waals surface area contributed by atoms with E-state index >= 15 is 0 Å². The number of nitrogens with zero attached hydrogens (tertiary/aromatic N) is 14. The lowest BCUT2D eigenvalue weighted by atomic mass is 10.1. The lowest BCUT2D eigenvalue weighted by Gasteiger charge is -2.21. The summed E-state index contributed by atoms with van der Waals surface area (Å²) in [6, 6.07) is 43.1. The predicted molar refractivity (Wildman–Crippen MR) is 410 cm³/mol. The summed E-state index contributed by atoms with van der Waals surface area (Å²) in [5, 5.41) is 6.49. The van der Waals surface area contributed by atoms with Crippen molar-refractivity contribution in [1.82, 2.24) is 58.1 Å². The molecule has 502 valence electrons. The van der Waals surface area contributed by atoms with Crippen LogP contribution in [0, 0.1) is 23.7 Å². The Morgan fingerprint density at radius 1 is 0.417 bits per heavy atom. The number of likely N-dealkylation sites (N-methyl/N-ethyl adjacent to an activating group) is 1. The second-order valence-electron chi connectivity index (χ2n) is 26.4. The van der Waals surface area contributed by atoms with Crippen LogP contribution in [-0.2, 0) is 31.9 Å². The first-order chi connectivity index (χ1) is 46.3. The predicted octanol–water partition coefficient (Wildman–Crippen LogP) is 17.3. The molecule has 0 amide bonds. The van der Waals surface area contributed by atoms with E-state index in [1.807, 2.05) is 85.9 Å². The average Bonchev–Trinajstić information content (AvgIpc) is 1.63. The van der Waals surface area contributed by atoms with Gasteiger partial charge in [-0.25, -0.2) is 39.9 Å². The molecule has 5 aromatic carbocycles. The number of benzene rings is 5. The van der Waals surface area contributed by atoms with Crippen molar-refractivity contribution in [3.8, 4) is 0 Å². The van der Waals surface area contributed by atoms with E-state index in [0.717, 1.165) is 167 Å². The Morgan fingerprint density at radius 2 is 0.760 bits per heavy atom. The van der Waals surface area contributed by atoms with Crippen LogP contribution < -0.4 is 32.7 Å². The largest absolute Gasteiger partial charge is 0.382 e. The number of rotatable bonds is 22. The van der Waals surface area contributed by atoms with Crippen LogP contribution in [-0.4, -0.2) is 91.1 Å². The zero-order chi connectivity index (χ0) is 68.3. The quantitative estimate of drug-likeness (QED) is 0.0281. The highest BCUT2D eigenvalue weighted by Crippen LogP contribution is 2.38. The molecule has 13 rings (SSSR count). The Labute approximate surface area is 573 Å². The van der Waals surface area contributed by atoms with Gasteiger partial charge in [0.2, 0.25) is 11.9 Å². The number of aromatic nitrogens is 12. The van der Waals surface area contributed by atoms with Crippen molar-refractivity contribution < 1.29 is 0 Å². The Morgan fingerprint density at radius 3 is 1.14 bits per heavy atom. The fraction of sp³-hybridized carbons (Fsp3) is 0.368. The SMILES string of the molecule is C=CCN(C)c1nc2c(N)nc3ccccc3c2n1CC(C)C.CC(C)Cn1c(SCc2ccccc2)nc2c(N)nc3ccccc3c21.CCCCCN(C)c1nc2c(N)nc3ccccc3c2n1CC(C)C.CCCSc1nc2c(N)nc3ccccc3c2n1CC(C)C. The fourth-order valence-electron chi connectivity index (χ4n) is 12.2. The Balaban J connectivity index is 0.000000139. The van der Waals surface area contributed by atoms with E-state index in [4.69, 9.17) is 42.9 Å². The molecule has 0 saturated carbocycles. The maximum Gasteiger partial charge on any atom is 0.206 e. The average molecular weight is 1330 g/mol. The van der Waals surface area contributed by atoms with Gasteiger partial charge in [0.05, 0.1) is 44.1 Å². The first-order valence-electron chi connectivity index (χ1n) is 33.8. The molecule has 8 heterocycles. The summed E-state index contributed by atoms with van der Waals surface area (Å²) < 4.78 is 9.21. The molecule has 0 bridgehead atoms. The van der Waals surface area contributed by atoms with E-state index in [9.17, 15) is 0 Å². The van der Waals surface area contributed by atoms with Crippen LogP contribution in [0.4, 0.5) is 35.2 Å². The zero-order valence-corrected chi connectivity index (χ0v) is 59.7. The van der Waals surface area contributed by atoms with Gasteiger partial charge in [0.15, 0.2) is 33.6 Å². The van der Waals surface area contributed by atoms with E-state index in [1.54, 1.807) is 23.5 Å². The third-order valence-corrected chi connectivity index (χ3v) is 18.6. The molecule has 8 aromatic heterocycles. The lowest BCUT2D eigenvalue weighted by Crippen LogP contribution is -2.23. The van der Waals surface area contributed by atoms with Crippen molar-refractivity contribution in [3.63, 3.8) is 0 Å². The summed E-state index contributed by atoms with van der Waals surface area (Å²) in [6.45, 7) is 31.4. The van der Waals surface area contributed by atoms with Gasteiger partial charge in [0, 0.05) is 86.4 Å². The number of hydrogen-bond acceptors (Lipinski definition) is 16. The lowest BCUT2D eigenvalue weighted by molar-refractivity contribution is 0.505. The summed E-state index contributed by atoms with van der Waals surface area (Å²) >= 11 is 3.55. The van der Waals surface area contributed by atoms with Crippen molar-refractivity contribution in [2.75, 3.05) is 65.7 Å². The van der Waals surface area contributed by atoms with E-state index < -0.39 is 0 Å². The molecule has 96 heavy (non-hydrogen) atoms. The molecule has 18 nitrogen and oxygen atoms in total. The number of imidazole rings is 4. The smallest absolute Gasteiger partial charge is 0.206 e. The molecule has 13 aromatic rings. The molecule has 0 atom stereocenters. The third-order valence-electron chi connectivity index (χ3n) is 16.4. The number of para-hydroxylation sites is 4. The summed E-state index contributed by atoms with van der Waals surface area (Å²) in [6.07, 6.45) is 6.63. The van der Waals surface area contributed by atoms with Gasteiger partial charge in [0.1, 0.15) is 22.1 Å². The van der Waals surface area contributed by atoms with Gasteiger partial charge in [-0.2, -0.15) is 0 Å². The molecule has 0 radical (unpaired) electrons. The number of thioether (sulfide) groups is 2. The van der Waals surface area contributed by atoms with Gasteiger partial charge in [-0.3, -0.25) is 0 Å². The second-order valence-corrected chi connectivity index (χ2v) is 28.4. The minimum absolute atomic E-state index is 0.481. The van der Waals surface area contributed by atoms with Gasteiger partial charge < -0.3 is 51.0 Å². The zero-order valence-electron chi connectivity index (χ0n) is 58.1. The Kier molecular flexibility index (Phi) is 22.9. The molecule has 0 spiro atoms. The van der Waals surface area contributed by atoms with E-state index in [0.29, 0.717) is 46.9 Å². The van der Waals surface area contributed by atoms with Crippen LogP contribution in [0.1, 0.15) is 100 Å². The van der Waals surface area contributed by atoms with Gasteiger partial charge in [-0.1, -0.05) is 215 Å². The Bertz CT molecular complexity index is 4790. The maximum absolute atomic E-state index is 6.25. The van der Waals surface area contributed by atoms with Crippen molar-refractivity contribution >= 4 is 146 Å². The first kappa shape index (κ1) is 69.7. The summed E-state index contributed by atoms with van der Waals surface area (Å²) in [4.78, 5) is 41.8. The monoisotopic (exact) mass is 1320 g/mol. The first-order valence-corrected chi connectivity index (χ1v) is 35.8. The number of fused-ring (bicyclic) bond motifs is 12. The molecule has 0 aliphatic carbocycles. The molecule has 8 N–H and O–H groups in total. The van der Waals surface area contributed by atoms with Crippen LogP contribution in [0.25, 0.3) is 87.7 Å². The van der Waals surface area contributed by atoms with E-state index in [2.05, 4.69) is 185 Å². The fourth-order valence-corrected chi connectivity index (χ4v) is 14.0. The molecule has 0 saturated heterocycles. The van der Waals surface area contributed by atoms with Gasteiger partial charge in [-0.05, 0) is 66.3 Å². The summed E-state index contributed by atoms with van der Waals surface area (Å²) in [5.41, 5.74) is 37.4. The van der Waals surface area contributed by atoms with Gasteiger partial charge in [-0.15, -0.1) is 6.58 Å². The Hall–Kier alpha value is -9.14. The molecule has 0 aliphatic heterocycles. The number of nitrogens with two attached hydrogens (primary N) is 4. The second kappa shape index (κ2) is 31.6. The van der Waals surface area contributed by atoms with Crippen LogP contribution in [0.3, 0.4) is 0 Å². The van der Waals surface area contributed by atoms with Gasteiger partial charge >= 0.3 is 0 Å². The van der Waals surface area contributed by atoms with E-state index in [1.165, 1.54) is 24.8 Å². The minimum atomic E-state index is 0.481. The molecule has 20 heteroatoms. The number of hydrogen-bond donors (Lipinski definition) is 4. The highest BCUT2D eigenvalue weighted by Gasteiger charge is 2.24. The number of anilines is 6. The highest BCUT2D eigenvalue weighted by atomic mass is 32.2. The third kappa shape index (κ3) is 15.6. The standard InChI is InChI=1S/C21H22N4S.C20H29N5.C18H23N5.C17H22N4S/c1-14(2)12-25-19-16-10-6-7-11-17(16)23-20(22)18(19)24-21(25)26-13-15-8-4-3-5-9-15;1-5-6-9-12-24(4)20-23-17-18(25(20)13-14(2)3)15-10-7-8-11-16(15)22-19(17)21;1-5-10-22(4)18-21-15-16(23(18)11-12(2)3)13-8-6-7-9-14(13)20-17(15)19;1-4-9-22-17-20-14-15(21(17)10-11(2)3)12-7-5-6-8-13(12)19-16(14)18/h3-11,14H,12-13H2,1-2H3,(H2,22,23);7-8,10-11,14H,5-6,9,12-13H2,1-4H3,(H2,21,22);5-9,12H,1,10-11H2,2-4H3,(H2,19,20);5-8,11H,4,9-10H2,1-3H3,(H2,18,19). The van der Waals surface area contributed by atoms with Crippen LogP contribution >= 0.6 is 23.5 Å². The number of pyridine rings is 4.